The predicted octanol–water partition coefficient (Wildman–Crippen LogP) is 2.56. The van der Waals surface area contributed by atoms with Gasteiger partial charge in [-0.3, -0.25) is 4.79 Å². The summed E-state index contributed by atoms with van der Waals surface area (Å²) in [6.45, 7) is 4.07. The van der Waals surface area contributed by atoms with Crippen LogP contribution >= 0.6 is 0 Å². The van der Waals surface area contributed by atoms with Gasteiger partial charge in [-0.2, -0.15) is 0 Å². The van der Waals surface area contributed by atoms with E-state index in [1.807, 2.05) is 0 Å². The SMILES string of the molecule is C=CCNC(=O)c1ccc(COc2ccc(C(=O)OC)cc2)o1. The van der Waals surface area contributed by atoms with Crippen LogP contribution in [-0.2, 0) is 11.3 Å². The Labute approximate surface area is 133 Å². The highest BCUT2D eigenvalue weighted by atomic mass is 16.5. The number of carbonyl (C=O) groups is 2. The van der Waals surface area contributed by atoms with Gasteiger partial charge < -0.3 is 19.2 Å². The molecule has 0 unspecified atom stereocenters. The number of methoxy groups -OCH3 is 1. The van der Waals surface area contributed by atoms with Crippen LogP contribution in [0.3, 0.4) is 0 Å². The normalized spacial score (nSPS) is 9.96. The third kappa shape index (κ3) is 4.47. The zero-order chi connectivity index (χ0) is 16.7. The molecule has 0 atom stereocenters. The lowest BCUT2D eigenvalue weighted by Gasteiger charge is -2.05. The highest BCUT2D eigenvalue weighted by molar-refractivity contribution is 5.91. The Bertz CT molecular complexity index is 687. The van der Waals surface area contributed by atoms with Crippen molar-refractivity contribution in [1.82, 2.24) is 5.32 Å². The van der Waals surface area contributed by atoms with Crippen LogP contribution in [0.5, 0.6) is 5.75 Å². The summed E-state index contributed by atoms with van der Waals surface area (Å²) >= 11 is 0. The maximum Gasteiger partial charge on any atom is 0.337 e. The topological polar surface area (TPSA) is 77.8 Å². The molecular formula is C17H17NO5. The van der Waals surface area contributed by atoms with Crippen molar-refractivity contribution in [1.29, 1.82) is 0 Å². The maximum atomic E-state index is 11.7. The number of amides is 1. The van der Waals surface area contributed by atoms with E-state index in [4.69, 9.17) is 9.15 Å². The van der Waals surface area contributed by atoms with Gasteiger partial charge in [0.15, 0.2) is 5.76 Å². The Morgan fingerprint density at radius 3 is 2.61 bits per heavy atom. The molecule has 0 saturated heterocycles. The lowest BCUT2D eigenvalue weighted by molar-refractivity contribution is 0.0600. The summed E-state index contributed by atoms with van der Waals surface area (Å²) in [6, 6.07) is 9.79. The summed E-state index contributed by atoms with van der Waals surface area (Å²) < 4.78 is 15.6. The van der Waals surface area contributed by atoms with Crippen molar-refractivity contribution in [3.8, 4) is 5.75 Å². The van der Waals surface area contributed by atoms with Crippen molar-refractivity contribution in [3.05, 3.63) is 66.1 Å². The van der Waals surface area contributed by atoms with E-state index in [1.165, 1.54) is 7.11 Å². The van der Waals surface area contributed by atoms with E-state index >= 15 is 0 Å². The average Bonchev–Trinajstić information content (AvgIpc) is 3.06. The van der Waals surface area contributed by atoms with Crippen LogP contribution in [0.2, 0.25) is 0 Å². The predicted molar refractivity (Wildman–Crippen MR) is 83.4 cm³/mol. The van der Waals surface area contributed by atoms with Crippen LogP contribution in [-0.4, -0.2) is 25.5 Å². The van der Waals surface area contributed by atoms with Crippen LogP contribution < -0.4 is 10.1 Å². The van der Waals surface area contributed by atoms with Gasteiger partial charge in [0.25, 0.3) is 5.91 Å². The first-order valence-corrected chi connectivity index (χ1v) is 6.93. The molecule has 0 spiro atoms. The second-order valence-electron chi connectivity index (χ2n) is 4.57. The molecule has 120 valence electrons. The molecule has 1 N–H and O–H groups in total. The van der Waals surface area contributed by atoms with E-state index in [1.54, 1.807) is 42.5 Å². The number of rotatable bonds is 7. The van der Waals surface area contributed by atoms with E-state index in [-0.39, 0.29) is 18.3 Å². The van der Waals surface area contributed by atoms with Crippen LogP contribution in [0, 0.1) is 0 Å². The van der Waals surface area contributed by atoms with E-state index in [2.05, 4.69) is 16.6 Å². The lowest BCUT2D eigenvalue weighted by atomic mass is 10.2. The van der Waals surface area contributed by atoms with E-state index in [0.717, 1.165) is 0 Å². The standard InChI is InChI=1S/C17H17NO5/c1-3-10-18-16(19)15-9-8-14(23-15)11-22-13-6-4-12(5-7-13)17(20)21-2/h3-9H,1,10-11H2,2H3,(H,18,19). The van der Waals surface area contributed by atoms with Gasteiger partial charge in [0.1, 0.15) is 18.1 Å². The fourth-order valence-corrected chi connectivity index (χ4v) is 1.79. The summed E-state index contributed by atoms with van der Waals surface area (Å²) in [5.41, 5.74) is 0.444. The molecule has 0 bridgehead atoms. The van der Waals surface area contributed by atoms with Crippen molar-refractivity contribution in [2.45, 2.75) is 6.61 Å². The van der Waals surface area contributed by atoms with E-state index in [0.29, 0.717) is 23.6 Å². The second kappa shape index (κ2) is 7.84. The zero-order valence-corrected chi connectivity index (χ0v) is 12.7. The van der Waals surface area contributed by atoms with Crippen LogP contribution in [0.15, 0.2) is 53.5 Å². The van der Waals surface area contributed by atoms with Gasteiger partial charge in [0, 0.05) is 6.54 Å². The first kappa shape index (κ1) is 16.4. The Morgan fingerprint density at radius 2 is 1.96 bits per heavy atom. The number of furan rings is 1. The third-order valence-corrected chi connectivity index (χ3v) is 2.95. The molecule has 6 nitrogen and oxygen atoms in total. The molecule has 1 aromatic carbocycles. The minimum atomic E-state index is -0.405. The molecule has 1 aromatic heterocycles. The number of hydrogen-bond donors (Lipinski definition) is 1. The molecule has 1 heterocycles. The summed E-state index contributed by atoms with van der Waals surface area (Å²) in [5, 5.41) is 2.62. The molecular weight excluding hydrogens is 298 g/mol. The lowest BCUT2D eigenvalue weighted by Crippen LogP contribution is -2.22. The molecule has 1 amide bonds. The Morgan fingerprint density at radius 1 is 1.22 bits per heavy atom. The first-order valence-electron chi connectivity index (χ1n) is 6.93. The number of hydrogen-bond acceptors (Lipinski definition) is 5. The second-order valence-corrected chi connectivity index (χ2v) is 4.57. The molecule has 0 aliphatic carbocycles. The first-order chi connectivity index (χ1) is 11.1. The number of ether oxygens (including phenoxy) is 2. The van der Waals surface area contributed by atoms with Crippen molar-refractivity contribution < 1.29 is 23.5 Å². The van der Waals surface area contributed by atoms with Crippen molar-refractivity contribution in [2.75, 3.05) is 13.7 Å². The average molecular weight is 315 g/mol. The number of benzene rings is 1. The summed E-state index contributed by atoms with van der Waals surface area (Å²) in [7, 11) is 1.33. The van der Waals surface area contributed by atoms with Crippen molar-refractivity contribution in [2.24, 2.45) is 0 Å². The van der Waals surface area contributed by atoms with Crippen LogP contribution in [0.4, 0.5) is 0 Å². The monoisotopic (exact) mass is 315 g/mol. The van der Waals surface area contributed by atoms with Gasteiger partial charge in [0.05, 0.1) is 12.7 Å². The molecule has 2 rings (SSSR count). The number of carbonyl (C=O) groups excluding carboxylic acids is 2. The smallest absolute Gasteiger partial charge is 0.337 e. The Hall–Kier alpha value is -3.02. The van der Waals surface area contributed by atoms with E-state index in [9.17, 15) is 9.59 Å². The minimum absolute atomic E-state index is 0.173. The van der Waals surface area contributed by atoms with Crippen molar-refractivity contribution >= 4 is 11.9 Å². The largest absolute Gasteiger partial charge is 0.486 e. The van der Waals surface area contributed by atoms with Crippen molar-refractivity contribution in [3.63, 3.8) is 0 Å². The minimum Gasteiger partial charge on any atom is -0.486 e. The third-order valence-electron chi connectivity index (χ3n) is 2.95. The summed E-state index contributed by atoms with van der Waals surface area (Å²) in [6.07, 6.45) is 1.59. The molecule has 0 radical (unpaired) electrons. The summed E-state index contributed by atoms with van der Waals surface area (Å²) in [4.78, 5) is 23.0. The zero-order valence-electron chi connectivity index (χ0n) is 12.7. The van der Waals surface area contributed by atoms with Gasteiger partial charge >= 0.3 is 5.97 Å². The molecule has 0 aliphatic heterocycles. The molecule has 23 heavy (non-hydrogen) atoms. The highest BCUT2D eigenvalue weighted by Gasteiger charge is 2.10. The quantitative estimate of drug-likeness (QED) is 0.627. The Balaban J connectivity index is 1.91. The molecule has 0 aliphatic rings. The van der Waals surface area contributed by atoms with E-state index < -0.39 is 5.97 Å². The van der Waals surface area contributed by atoms with Gasteiger partial charge in [-0.15, -0.1) is 6.58 Å². The molecule has 0 saturated carbocycles. The molecule has 2 aromatic rings. The fourth-order valence-electron chi connectivity index (χ4n) is 1.79. The number of nitrogens with one attached hydrogen (secondary N) is 1. The van der Waals surface area contributed by atoms with Gasteiger partial charge in [-0.1, -0.05) is 6.08 Å². The van der Waals surface area contributed by atoms with Crippen LogP contribution in [0.1, 0.15) is 26.7 Å². The fraction of sp³-hybridized carbons (Fsp3) is 0.176. The maximum absolute atomic E-state index is 11.7. The van der Waals surface area contributed by atoms with Gasteiger partial charge in [-0.05, 0) is 36.4 Å². The van der Waals surface area contributed by atoms with Gasteiger partial charge in [0.2, 0.25) is 0 Å². The highest BCUT2D eigenvalue weighted by Crippen LogP contribution is 2.16. The van der Waals surface area contributed by atoms with Crippen LogP contribution in [0.25, 0.3) is 0 Å². The summed E-state index contributed by atoms with van der Waals surface area (Å²) in [5.74, 6) is 0.598. The molecule has 0 fully saturated rings. The van der Waals surface area contributed by atoms with Gasteiger partial charge in [-0.25, -0.2) is 4.79 Å². The molecule has 6 heteroatoms. The Kier molecular flexibility index (Phi) is 5.57. The number of esters is 1.